The van der Waals surface area contributed by atoms with Gasteiger partial charge in [-0.05, 0) is 6.07 Å². The number of ether oxygens (including phenoxy) is 2. The number of carbonyl (C=O) groups excluding carboxylic acids is 1. The normalized spacial score (nSPS) is 10.2. The molecule has 8 heteroatoms. The predicted molar refractivity (Wildman–Crippen MR) is 82.6 cm³/mol. The van der Waals surface area contributed by atoms with Gasteiger partial charge in [-0.25, -0.2) is 4.98 Å². The second kappa shape index (κ2) is 7.41. The van der Waals surface area contributed by atoms with Crippen LogP contribution in [0.1, 0.15) is 5.69 Å². The Morgan fingerprint density at radius 2 is 2.13 bits per heavy atom. The van der Waals surface area contributed by atoms with E-state index in [0.717, 1.165) is 0 Å². The Hall–Kier alpha value is -2.87. The van der Waals surface area contributed by atoms with Crippen molar-refractivity contribution >= 4 is 11.6 Å². The van der Waals surface area contributed by atoms with Gasteiger partial charge in [0.1, 0.15) is 6.54 Å². The summed E-state index contributed by atoms with van der Waals surface area (Å²) in [6.45, 7) is -0.449. The van der Waals surface area contributed by atoms with Crippen molar-refractivity contribution in [1.29, 1.82) is 0 Å². The molecule has 122 valence electrons. The lowest BCUT2D eigenvalue weighted by Crippen LogP contribution is -2.23. The second-order valence-electron chi connectivity index (χ2n) is 4.62. The molecule has 0 atom stereocenters. The number of hydrogen-bond acceptors (Lipinski definition) is 6. The summed E-state index contributed by atoms with van der Waals surface area (Å²) in [4.78, 5) is 27.7. The first kappa shape index (κ1) is 16.5. The van der Waals surface area contributed by atoms with Crippen LogP contribution in [-0.2, 0) is 17.9 Å². The Kier molecular flexibility index (Phi) is 5.32. The van der Waals surface area contributed by atoms with Gasteiger partial charge in [0.05, 0.1) is 38.9 Å². The van der Waals surface area contributed by atoms with Gasteiger partial charge in [0, 0.05) is 17.8 Å². The molecule has 0 spiro atoms. The van der Waals surface area contributed by atoms with E-state index in [4.69, 9.17) is 9.47 Å². The summed E-state index contributed by atoms with van der Waals surface area (Å²) in [5.74, 6) is 0.203. The standard InChI is InChI=1S/C15H17N3O5/c1-22-13-7-18(11(9-19)5-12(13)20)8-14(21)17-10-3-4-15(23-2)16-6-10/h3-7,19H,8-9H2,1-2H3,(H,17,21). The molecular weight excluding hydrogens is 302 g/mol. The van der Waals surface area contributed by atoms with Gasteiger partial charge >= 0.3 is 0 Å². The molecule has 0 unspecified atom stereocenters. The van der Waals surface area contributed by atoms with Gasteiger partial charge in [-0.1, -0.05) is 0 Å². The fraction of sp³-hybridized carbons (Fsp3) is 0.267. The molecule has 0 bridgehead atoms. The molecule has 0 saturated heterocycles. The Morgan fingerprint density at radius 3 is 2.70 bits per heavy atom. The Bertz CT molecular complexity index is 740. The van der Waals surface area contributed by atoms with Crippen LogP contribution in [0.2, 0.25) is 0 Å². The number of nitrogens with one attached hydrogen (secondary N) is 1. The van der Waals surface area contributed by atoms with Crippen LogP contribution in [0.25, 0.3) is 0 Å². The number of pyridine rings is 2. The molecule has 1 amide bonds. The summed E-state index contributed by atoms with van der Waals surface area (Å²) in [5, 5.41) is 12.0. The van der Waals surface area contributed by atoms with Crippen molar-refractivity contribution in [1.82, 2.24) is 9.55 Å². The van der Waals surface area contributed by atoms with Crippen LogP contribution in [0.4, 0.5) is 5.69 Å². The topological polar surface area (TPSA) is 103 Å². The first-order valence-corrected chi connectivity index (χ1v) is 6.75. The third-order valence-corrected chi connectivity index (χ3v) is 3.11. The minimum Gasteiger partial charge on any atom is -0.491 e. The van der Waals surface area contributed by atoms with E-state index >= 15 is 0 Å². The molecule has 8 nitrogen and oxygen atoms in total. The predicted octanol–water partition coefficient (Wildman–Crippen LogP) is 0.391. The Labute approximate surface area is 132 Å². The number of anilines is 1. The van der Waals surface area contributed by atoms with Crippen LogP contribution in [0, 0.1) is 0 Å². The quantitative estimate of drug-likeness (QED) is 0.798. The number of aliphatic hydroxyl groups excluding tert-OH is 1. The molecule has 2 rings (SSSR count). The van der Waals surface area contributed by atoms with E-state index in [2.05, 4.69) is 10.3 Å². The number of carbonyl (C=O) groups is 1. The average molecular weight is 319 g/mol. The number of amides is 1. The maximum absolute atomic E-state index is 12.1. The summed E-state index contributed by atoms with van der Waals surface area (Å²) < 4.78 is 11.3. The van der Waals surface area contributed by atoms with Crippen molar-refractivity contribution in [3.63, 3.8) is 0 Å². The highest BCUT2D eigenvalue weighted by Gasteiger charge is 2.10. The van der Waals surface area contributed by atoms with Gasteiger partial charge in [-0.15, -0.1) is 0 Å². The number of methoxy groups -OCH3 is 2. The van der Waals surface area contributed by atoms with Crippen LogP contribution in [0.15, 0.2) is 35.4 Å². The van der Waals surface area contributed by atoms with Crippen molar-refractivity contribution in [2.24, 2.45) is 0 Å². The van der Waals surface area contributed by atoms with Crippen LogP contribution in [0.3, 0.4) is 0 Å². The van der Waals surface area contributed by atoms with E-state index < -0.39 is 0 Å². The average Bonchev–Trinajstić information content (AvgIpc) is 2.56. The van der Waals surface area contributed by atoms with Crippen LogP contribution in [0.5, 0.6) is 11.6 Å². The fourth-order valence-electron chi connectivity index (χ4n) is 1.96. The van der Waals surface area contributed by atoms with Gasteiger partial charge in [-0.2, -0.15) is 0 Å². The van der Waals surface area contributed by atoms with Crippen molar-refractivity contribution in [3.05, 3.63) is 46.5 Å². The van der Waals surface area contributed by atoms with Gasteiger partial charge in [-0.3, -0.25) is 9.59 Å². The lowest BCUT2D eigenvalue weighted by atomic mass is 10.3. The molecule has 23 heavy (non-hydrogen) atoms. The van der Waals surface area contributed by atoms with Crippen LogP contribution in [-0.4, -0.2) is 34.8 Å². The van der Waals surface area contributed by atoms with E-state index in [9.17, 15) is 14.7 Å². The minimum atomic E-state index is -0.364. The van der Waals surface area contributed by atoms with Crippen molar-refractivity contribution in [3.8, 4) is 11.6 Å². The van der Waals surface area contributed by atoms with Gasteiger partial charge < -0.3 is 24.5 Å². The summed E-state index contributed by atoms with van der Waals surface area (Å²) in [6, 6.07) is 4.51. The van der Waals surface area contributed by atoms with Crippen LogP contribution >= 0.6 is 0 Å². The van der Waals surface area contributed by atoms with Gasteiger partial charge in [0.25, 0.3) is 0 Å². The number of rotatable bonds is 6. The molecule has 2 N–H and O–H groups in total. The molecule has 0 aliphatic rings. The highest BCUT2D eigenvalue weighted by atomic mass is 16.5. The van der Waals surface area contributed by atoms with E-state index in [1.165, 1.54) is 37.2 Å². The molecule has 0 fully saturated rings. The lowest BCUT2D eigenvalue weighted by molar-refractivity contribution is -0.116. The summed E-state index contributed by atoms with van der Waals surface area (Å²) in [6.07, 6.45) is 2.86. The summed E-state index contributed by atoms with van der Waals surface area (Å²) in [7, 11) is 2.86. The van der Waals surface area contributed by atoms with Gasteiger partial charge in [0.2, 0.25) is 17.2 Å². The third-order valence-electron chi connectivity index (χ3n) is 3.11. The number of nitrogens with zero attached hydrogens (tertiary/aromatic N) is 2. The van der Waals surface area contributed by atoms with Crippen molar-refractivity contribution in [2.45, 2.75) is 13.2 Å². The van der Waals surface area contributed by atoms with Gasteiger partial charge in [0.15, 0.2) is 5.75 Å². The maximum Gasteiger partial charge on any atom is 0.244 e. The van der Waals surface area contributed by atoms with E-state index in [0.29, 0.717) is 17.3 Å². The molecule has 2 aromatic heterocycles. The fourth-order valence-corrected chi connectivity index (χ4v) is 1.96. The Balaban J connectivity index is 2.14. The van der Waals surface area contributed by atoms with Crippen molar-refractivity contribution in [2.75, 3.05) is 19.5 Å². The van der Waals surface area contributed by atoms with E-state index in [-0.39, 0.29) is 30.2 Å². The van der Waals surface area contributed by atoms with Crippen LogP contribution < -0.4 is 20.2 Å². The monoisotopic (exact) mass is 319 g/mol. The minimum absolute atomic E-state index is 0.0848. The van der Waals surface area contributed by atoms with Crippen molar-refractivity contribution < 1.29 is 19.4 Å². The summed E-state index contributed by atoms with van der Waals surface area (Å²) in [5.41, 5.74) is 0.473. The summed E-state index contributed by atoms with van der Waals surface area (Å²) >= 11 is 0. The SMILES string of the molecule is COc1ccc(NC(=O)Cn2cc(OC)c(=O)cc2CO)cn1. The van der Waals surface area contributed by atoms with E-state index in [1.807, 2.05) is 0 Å². The lowest BCUT2D eigenvalue weighted by Gasteiger charge is -2.13. The largest absolute Gasteiger partial charge is 0.491 e. The highest BCUT2D eigenvalue weighted by molar-refractivity contribution is 5.90. The Morgan fingerprint density at radius 1 is 1.35 bits per heavy atom. The highest BCUT2D eigenvalue weighted by Crippen LogP contribution is 2.12. The molecule has 0 radical (unpaired) electrons. The number of aromatic nitrogens is 2. The molecule has 2 heterocycles. The second-order valence-corrected chi connectivity index (χ2v) is 4.62. The molecular formula is C15H17N3O5. The molecule has 0 aliphatic carbocycles. The zero-order valence-corrected chi connectivity index (χ0v) is 12.8. The smallest absolute Gasteiger partial charge is 0.244 e. The first-order valence-electron chi connectivity index (χ1n) is 6.75. The maximum atomic E-state index is 12.1. The molecule has 0 saturated carbocycles. The van der Waals surface area contributed by atoms with E-state index in [1.54, 1.807) is 12.1 Å². The number of hydrogen-bond donors (Lipinski definition) is 2. The zero-order valence-electron chi connectivity index (χ0n) is 12.8. The number of aliphatic hydroxyl groups is 1. The molecule has 0 aromatic carbocycles. The first-order chi connectivity index (χ1) is 11.1. The molecule has 2 aromatic rings. The third kappa shape index (κ3) is 4.07. The molecule has 0 aliphatic heterocycles. The zero-order chi connectivity index (χ0) is 16.8.